The highest BCUT2D eigenvalue weighted by molar-refractivity contribution is 7.10. The second kappa shape index (κ2) is 9.71. The molecule has 0 saturated carbocycles. The second-order valence-electron chi connectivity index (χ2n) is 7.21. The highest BCUT2D eigenvalue weighted by Crippen LogP contribution is 2.36. The van der Waals surface area contributed by atoms with Crippen molar-refractivity contribution >= 4 is 23.2 Å². The molecule has 150 valence electrons. The van der Waals surface area contributed by atoms with E-state index in [1.54, 1.807) is 19.2 Å². The van der Waals surface area contributed by atoms with Gasteiger partial charge in [-0.15, -0.1) is 11.3 Å². The van der Waals surface area contributed by atoms with Crippen LogP contribution in [-0.2, 0) is 6.54 Å². The number of carbonyl (C=O) groups is 1. The number of nitrogens with zero attached hydrogens (tertiary/aromatic N) is 2. The zero-order valence-corrected chi connectivity index (χ0v) is 17.3. The Labute approximate surface area is 170 Å². The lowest BCUT2D eigenvalue weighted by Crippen LogP contribution is -2.44. The van der Waals surface area contributed by atoms with E-state index in [4.69, 9.17) is 5.73 Å². The zero-order chi connectivity index (χ0) is 19.9. The van der Waals surface area contributed by atoms with Crippen LogP contribution >= 0.6 is 11.3 Å². The van der Waals surface area contributed by atoms with Gasteiger partial charge in [0.25, 0.3) is 0 Å². The van der Waals surface area contributed by atoms with Crippen molar-refractivity contribution < 1.29 is 4.79 Å². The second-order valence-corrected chi connectivity index (χ2v) is 8.19. The average molecular weight is 400 g/mol. The summed E-state index contributed by atoms with van der Waals surface area (Å²) < 4.78 is 0. The van der Waals surface area contributed by atoms with Gasteiger partial charge in [0.15, 0.2) is 5.96 Å². The first kappa shape index (κ1) is 20.4. The third-order valence-electron chi connectivity index (χ3n) is 5.30. The Hall–Kier alpha value is -2.38. The van der Waals surface area contributed by atoms with Gasteiger partial charge in [-0.25, -0.2) is 0 Å². The van der Waals surface area contributed by atoms with E-state index < -0.39 is 5.91 Å². The van der Waals surface area contributed by atoms with Gasteiger partial charge < -0.3 is 16.4 Å². The number of amides is 1. The molecule has 0 bridgehead atoms. The first-order valence-electron chi connectivity index (χ1n) is 9.65. The van der Waals surface area contributed by atoms with Crippen LogP contribution in [0, 0.1) is 5.92 Å². The van der Waals surface area contributed by atoms with E-state index in [2.05, 4.69) is 45.1 Å². The van der Waals surface area contributed by atoms with E-state index >= 15 is 0 Å². The largest absolute Gasteiger partial charge is 0.366 e. The molecule has 7 heteroatoms. The molecule has 1 amide bonds. The quantitative estimate of drug-likeness (QED) is 0.515. The highest BCUT2D eigenvalue weighted by atomic mass is 32.1. The van der Waals surface area contributed by atoms with E-state index in [-0.39, 0.29) is 0 Å². The molecule has 2 aromatic rings. The minimum Gasteiger partial charge on any atom is -0.366 e. The fourth-order valence-corrected chi connectivity index (χ4v) is 4.79. The van der Waals surface area contributed by atoms with Crippen molar-refractivity contribution in [2.24, 2.45) is 16.6 Å². The molecule has 1 aromatic heterocycles. The van der Waals surface area contributed by atoms with Crippen LogP contribution in [0.3, 0.4) is 0 Å². The van der Waals surface area contributed by atoms with Crippen molar-refractivity contribution in [2.75, 3.05) is 27.2 Å². The van der Waals surface area contributed by atoms with Crippen LogP contribution in [0.2, 0.25) is 0 Å². The Balaban J connectivity index is 1.55. The summed E-state index contributed by atoms with van der Waals surface area (Å²) in [6, 6.07) is 12.1. The Bertz CT molecular complexity index is 788. The minimum atomic E-state index is -0.408. The van der Waals surface area contributed by atoms with Crippen molar-refractivity contribution in [3.05, 3.63) is 57.8 Å². The van der Waals surface area contributed by atoms with Crippen LogP contribution in [-0.4, -0.2) is 44.0 Å². The smallest absolute Gasteiger partial charge is 0.248 e. The molecule has 1 fully saturated rings. The topological polar surface area (TPSA) is 82.7 Å². The zero-order valence-electron chi connectivity index (χ0n) is 16.5. The summed E-state index contributed by atoms with van der Waals surface area (Å²) in [6.07, 6.45) is 2.44. The summed E-state index contributed by atoms with van der Waals surface area (Å²) in [5, 5.41) is 9.00. The molecule has 28 heavy (non-hydrogen) atoms. The highest BCUT2D eigenvalue weighted by Gasteiger charge is 2.31. The number of hydrogen-bond acceptors (Lipinski definition) is 4. The summed E-state index contributed by atoms with van der Waals surface area (Å²) in [7, 11) is 4.01. The lowest BCUT2D eigenvalue weighted by atomic mass is 9.88. The summed E-state index contributed by atoms with van der Waals surface area (Å²) in [4.78, 5) is 19.4. The van der Waals surface area contributed by atoms with E-state index in [0.29, 0.717) is 24.1 Å². The third kappa shape index (κ3) is 5.11. The number of guanidine groups is 1. The molecule has 6 nitrogen and oxygen atoms in total. The fourth-order valence-electron chi connectivity index (χ4n) is 3.80. The van der Waals surface area contributed by atoms with Crippen LogP contribution in [0.1, 0.15) is 39.7 Å². The Morgan fingerprint density at radius 1 is 1.29 bits per heavy atom. The van der Waals surface area contributed by atoms with Gasteiger partial charge >= 0.3 is 0 Å². The number of rotatable bonds is 6. The number of thiophene rings is 1. The first-order valence-corrected chi connectivity index (χ1v) is 10.5. The van der Waals surface area contributed by atoms with Crippen LogP contribution < -0.4 is 16.4 Å². The van der Waals surface area contributed by atoms with E-state index in [9.17, 15) is 4.79 Å². The first-order chi connectivity index (χ1) is 13.6. The minimum absolute atomic E-state index is 0.408. The number of carbonyl (C=O) groups excluding carboxylic acids is 1. The van der Waals surface area contributed by atoms with Gasteiger partial charge in [-0.1, -0.05) is 18.2 Å². The molecule has 2 atom stereocenters. The van der Waals surface area contributed by atoms with E-state index in [0.717, 1.165) is 24.6 Å². The van der Waals surface area contributed by atoms with Gasteiger partial charge in [0.05, 0.1) is 0 Å². The summed E-state index contributed by atoms with van der Waals surface area (Å²) in [5.41, 5.74) is 6.88. The molecule has 1 aromatic carbocycles. The summed E-state index contributed by atoms with van der Waals surface area (Å²) >= 11 is 1.84. The van der Waals surface area contributed by atoms with Gasteiger partial charge in [-0.2, -0.15) is 0 Å². The number of nitrogens with two attached hydrogens (primary N) is 1. The van der Waals surface area contributed by atoms with Crippen LogP contribution in [0.4, 0.5) is 0 Å². The van der Waals surface area contributed by atoms with Crippen LogP contribution in [0.25, 0.3) is 0 Å². The molecule has 2 unspecified atom stereocenters. The molecule has 1 aliphatic heterocycles. The predicted molar refractivity (Wildman–Crippen MR) is 116 cm³/mol. The van der Waals surface area contributed by atoms with Crippen molar-refractivity contribution in [3.63, 3.8) is 0 Å². The molecule has 3 rings (SSSR count). The number of primary amides is 1. The maximum Gasteiger partial charge on any atom is 0.248 e. The number of benzene rings is 1. The van der Waals surface area contributed by atoms with Crippen LogP contribution in [0.5, 0.6) is 0 Å². The Morgan fingerprint density at radius 2 is 2.07 bits per heavy atom. The number of piperidine rings is 1. The van der Waals surface area contributed by atoms with Gasteiger partial charge in [-0.05, 0) is 61.5 Å². The lowest BCUT2D eigenvalue weighted by Gasteiger charge is -2.39. The molecule has 2 heterocycles. The molecular formula is C21H29N5OS. The SMILES string of the molecule is CN=C(NCc1ccc(C(N)=O)cc1)NCC1CCCN(C)C1c1cccs1. The van der Waals surface area contributed by atoms with Crippen molar-refractivity contribution in [1.29, 1.82) is 0 Å². The molecule has 1 aliphatic rings. The van der Waals surface area contributed by atoms with Gasteiger partial charge in [-0.3, -0.25) is 14.7 Å². The monoisotopic (exact) mass is 399 g/mol. The third-order valence-corrected chi connectivity index (χ3v) is 6.24. The maximum atomic E-state index is 11.2. The summed E-state index contributed by atoms with van der Waals surface area (Å²) in [5.74, 6) is 0.928. The molecule has 0 aliphatic carbocycles. The molecule has 0 spiro atoms. The van der Waals surface area contributed by atoms with Gasteiger partial charge in [0.2, 0.25) is 5.91 Å². The fraction of sp³-hybridized carbons (Fsp3) is 0.429. The standard InChI is InChI=1S/C21H29N5OS/c1-23-21(24-13-15-7-9-16(10-8-15)20(22)27)25-14-17-5-3-11-26(2)19(17)18-6-4-12-28-18/h4,6-10,12,17,19H,3,5,11,13-14H2,1-2H3,(H2,22,27)(H2,23,24,25). The van der Waals surface area contributed by atoms with Crippen LogP contribution in [0.15, 0.2) is 46.8 Å². The maximum absolute atomic E-state index is 11.2. The Morgan fingerprint density at radius 3 is 2.71 bits per heavy atom. The Kier molecular flexibility index (Phi) is 7.06. The number of aliphatic imine (C=N–C) groups is 1. The molecule has 4 N–H and O–H groups in total. The number of hydrogen-bond donors (Lipinski definition) is 3. The summed E-state index contributed by atoms with van der Waals surface area (Å²) in [6.45, 7) is 2.66. The van der Waals surface area contributed by atoms with Gasteiger partial charge in [0, 0.05) is 36.6 Å². The normalized spacial score (nSPS) is 20.7. The van der Waals surface area contributed by atoms with Gasteiger partial charge in [0.1, 0.15) is 0 Å². The van der Waals surface area contributed by atoms with Crippen molar-refractivity contribution in [2.45, 2.75) is 25.4 Å². The van der Waals surface area contributed by atoms with Crippen molar-refractivity contribution in [1.82, 2.24) is 15.5 Å². The average Bonchev–Trinajstić information content (AvgIpc) is 3.22. The molecular weight excluding hydrogens is 370 g/mol. The molecule has 1 saturated heterocycles. The van der Waals surface area contributed by atoms with E-state index in [1.807, 2.05) is 23.5 Å². The van der Waals surface area contributed by atoms with E-state index in [1.165, 1.54) is 17.7 Å². The lowest BCUT2D eigenvalue weighted by molar-refractivity contribution is 0.100. The number of nitrogens with one attached hydrogen (secondary N) is 2. The number of likely N-dealkylation sites (tertiary alicyclic amines) is 1. The van der Waals surface area contributed by atoms with Crippen molar-refractivity contribution in [3.8, 4) is 0 Å². The molecule has 0 radical (unpaired) electrons. The predicted octanol–water partition coefficient (Wildman–Crippen LogP) is 2.60.